The minimum Gasteiger partial charge on any atom is -0.362 e. The van der Waals surface area contributed by atoms with Crippen molar-refractivity contribution in [3.05, 3.63) is 17.0 Å². The minimum atomic E-state index is -0.510. The summed E-state index contributed by atoms with van der Waals surface area (Å²) in [6.45, 7) is 3.01. The van der Waals surface area contributed by atoms with Gasteiger partial charge in [-0.1, -0.05) is 11.6 Å². The zero-order valence-electron chi connectivity index (χ0n) is 13.1. The van der Waals surface area contributed by atoms with Crippen LogP contribution in [0.25, 0.3) is 0 Å². The molecule has 124 valence electrons. The van der Waals surface area contributed by atoms with Crippen LogP contribution in [0.3, 0.4) is 0 Å². The number of halogens is 1. The lowest BCUT2D eigenvalue weighted by Crippen LogP contribution is -2.65. The number of nitrogens with one attached hydrogen (secondary N) is 1. The molecule has 1 aromatic rings. The van der Waals surface area contributed by atoms with E-state index in [2.05, 4.69) is 20.2 Å². The number of fused-ring (bicyclic) bond motifs is 1. The van der Waals surface area contributed by atoms with E-state index in [1.54, 1.807) is 4.90 Å². The predicted octanol–water partition coefficient (Wildman–Crippen LogP) is -0.661. The van der Waals surface area contributed by atoms with E-state index in [0.29, 0.717) is 37.9 Å². The molecule has 0 radical (unpaired) electrons. The number of rotatable bonds is 3. The van der Waals surface area contributed by atoms with E-state index in [1.165, 1.54) is 6.33 Å². The Bertz CT molecular complexity index is 638. The molecule has 3 rings (SSSR count). The monoisotopic (exact) mass is 338 g/mol. The Labute approximate surface area is 139 Å². The van der Waals surface area contributed by atoms with Crippen molar-refractivity contribution in [2.24, 2.45) is 0 Å². The van der Waals surface area contributed by atoms with E-state index in [0.717, 1.165) is 11.4 Å². The molecule has 23 heavy (non-hydrogen) atoms. The van der Waals surface area contributed by atoms with Gasteiger partial charge in [0.25, 0.3) is 0 Å². The van der Waals surface area contributed by atoms with Crippen LogP contribution in [0.1, 0.15) is 5.56 Å². The summed E-state index contributed by atoms with van der Waals surface area (Å²) in [5.74, 6) is -0.152. The molecule has 0 bridgehead atoms. The number of hydrogen-bond acceptors (Lipinski definition) is 6. The summed E-state index contributed by atoms with van der Waals surface area (Å²) in [4.78, 5) is 37.4. The van der Waals surface area contributed by atoms with E-state index in [-0.39, 0.29) is 6.04 Å². The lowest BCUT2D eigenvalue weighted by molar-refractivity contribution is -0.152. The summed E-state index contributed by atoms with van der Waals surface area (Å²) in [7, 11) is 3.82. The number of carbonyl (C=O) groups excluding carboxylic acids is 2. The molecule has 1 N–H and O–H groups in total. The highest BCUT2D eigenvalue weighted by atomic mass is 35.5. The van der Waals surface area contributed by atoms with Gasteiger partial charge in [0.2, 0.25) is 0 Å². The number of carbonyl (C=O) groups is 2. The standard InChI is InChI=1S/C14H19ClN6O2/c1-19(2)12-10(11(15)17-8-18-12)7-20-3-4-21-9(6-20)5-16-13(22)14(21)23/h8-9H,3-7H2,1-2H3,(H,16,22)/t9-/m0/s1. The second kappa shape index (κ2) is 6.29. The topological polar surface area (TPSA) is 81.7 Å². The third kappa shape index (κ3) is 3.09. The molecule has 0 saturated carbocycles. The average Bonchev–Trinajstić information content (AvgIpc) is 2.53. The molecular formula is C14H19ClN6O2. The molecule has 1 atom stereocenters. The van der Waals surface area contributed by atoms with Gasteiger partial charge in [-0.15, -0.1) is 0 Å². The van der Waals surface area contributed by atoms with Gasteiger partial charge in [-0.25, -0.2) is 9.97 Å². The average molecular weight is 339 g/mol. The molecule has 2 amide bonds. The van der Waals surface area contributed by atoms with E-state index < -0.39 is 11.8 Å². The predicted molar refractivity (Wildman–Crippen MR) is 85.2 cm³/mol. The number of piperazine rings is 2. The van der Waals surface area contributed by atoms with Gasteiger partial charge in [-0.2, -0.15) is 0 Å². The highest BCUT2D eigenvalue weighted by molar-refractivity contribution is 6.35. The molecule has 2 aliphatic heterocycles. The van der Waals surface area contributed by atoms with Gasteiger partial charge in [0.05, 0.1) is 6.04 Å². The van der Waals surface area contributed by atoms with Crippen LogP contribution in [0.2, 0.25) is 5.15 Å². The third-order valence-corrected chi connectivity index (χ3v) is 4.52. The lowest BCUT2D eigenvalue weighted by Gasteiger charge is -2.43. The Hall–Kier alpha value is -1.93. The zero-order chi connectivity index (χ0) is 16.6. The van der Waals surface area contributed by atoms with Crippen LogP contribution in [0, 0.1) is 0 Å². The summed E-state index contributed by atoms with van der Waals surface area (Å²) in [5.41, 5.74) is 0.874. The Morgan fingerprint density at radius 2 is 2.13 bits per heavy atom. The summed E-state index contributed by atoms with van der Waals surface area (Å²) in [6.07, 6.45) is 1.45. The first-order chi connectivity index (χ1) is 11.0. The first-order valence-electron chi connectivity index (χ1n) is 7.45. The molecule has 2 saturated heterocycles. The second-order valence-corrected chi connectivity index (χ2v) is 6.32. The largest absolute Gasteiger partial charge is 0.362 e. The van der Waals surface area contributed by atoms with Crippen LogP contribution in [0.4, 0.5) is 5.82 Å². The highest BCUT2D eigenvalue weighted by Crippen LogP contribution is 2.25. The molecule has 0 unspecified atom stereocenters. The fraction of sp³-hybridized carbons (Fsp3) is 0.571. The number of anilines is 1. The fourth-order valence-electron chi connectivity index (χ4n) is 3.05. The summed E-state index contributed by atoms with van der Waals surface area (Å²) in [5, 5.41) is 3.08. The molecule has 0 aliphatic carbocycles. The maximum atomic E-state index is 11.9. The van der Waals surface area contributed by atoms with E-state index in [4.69, 9.17) is 11.6 Å². The van der Waals surface area contributed by atoms with Crippen LogP contribution in [0.15, 0.2) is 6.33 Å². The summed E-state index contributed by atoms with van der Waals surface area (Å²) >= 11 is 6.25. The van der Waals surface area contributed by atoms with Crippen molar-refractivity contribution in [3.8, 4) is 0 Å². The Morgan fingerprint density at radius 1 is 1.35 bits per heavy atom. The van der Waals surface area contributed by atoms with Gasteiger partial charge < -0.3 is 15.1 Å². The Morgan fingerprint density at radius 3 is 2.87 bits per heavy atom. The number of nitrogens with zero attached hydrogens (tertiary/aromatic N) is 5. The Balaban J connectivity index is 1.74. The molecule has 8 nitrogen and oxygen atoms in total. The molecule has 3 heterocycles. The van der Waals surface area contributed by atoms with E-state index >= 15 is 0 Å². The van der Waals surface area contributed by atoms with Crippen LogP contribution in [-0.4, -0.2) is 77.9 Å². The summed E-state index contributed by atoms with van der Waals surface area (Å²) < 4.78 is 0. The second-order valence-electron chi connectivity index (χ2n) is 5.96. The molecule has 2 fully saturated rings. The number of aromatic nitrogens is 2. The van der Waals surface area contributed by atoms with Crippen LogP contribution < -0.4 is 10.2 Å². The molecule has 1 aromatic heterocycles. The maximum absolute atomic E-state index is 11.9. The van der Waals surface area contributed by atoms with Crippen LogP contribution in [-0.2, 0) is 16.1 Å². The van der Waals surface area contributed by atoms with Gasteiger partial charge in [0, 0.05) is 52.4 Å². The first kappa shape index (κ1) is 15.9. The van der Waals surface area contributed by atoms with Crippen molar-refractivity contribution >= 4 is 29.2 Å². The highest BCUT2D eigenvalue weighted by Gasteiger charge is 2.37. The lowest BCUT2D eigenvalue weighted by atomic mass is 10.1. The molecule has 0 spiro atoms. The van der Waals surface area contributed by atoms with Gasteiger partial charge in [-0.05, 0) is 0 Å². The van der Waals surface area contributed by atoms with Gasteiger partial charge in [0.1, 0.15) is 17.3 Å². The minimum absolute atomic E-state index is 0.000150. The zero-order valence-corrected chi connectivity index (χ0v) is 13.9. The van der Waals surface area contributed by atoms with Crippen molar-refractivity contribution < 1.29 is 9.59 Å². The van der Waals surface area contributed by atoms with Crippen molar-refractivity contribution in [1.29, 1.82) is 0 Å². The SMILES string of the molecule is CN(C)c1ncnc(Cl)c1CN1CCN2C(=O)C(=O)NC[C@H]2C1. The molecule has 9 heteroatoms. The van der Waals surface area contributed by atoms with E-state index in [9.17, 15) is 9.59 Å². The number of hydrogen-bond donors (Lipinski definition) is 1. The molecule has 0 aromatic carbocycles. The van der Waals surface area contributed by atoms with Gasteiger partial charge in [0.15, 0.2) is 0 Å². The van der Waals surface area contributed by atoms with Crippen molar-refractivity contribution in [3.63, 3.8) is 0 Å². The molecular weight excluding hydrogens is 320 g/mol. The van der Waals surface area contributed by atoms with Gasteiger partial charge >= 0.3 is 11.8 Å². The third-order valence-electron chi connectivity index (χ3n) is 4.20. The van der Waals surface area contributed by atoms with Crippen molar-refractivity contribution in [1.82, 2.24) is 25.1 Å². The summed E-state index contributed by atoms with van der Waals surface area (Å²) in [6, 6.07) is 0.000150. The molecule has 2 aliphatic rings. The smallest absolute Gasteiger partial charge is 0.312 e. The fourth-order valence-corrected chi connectivity index (χ4v) is 3.24. The van der Waals surface area contributed by atoms with Crippen LogP contribution in [0.5, 0.6) is 0 Å². The van der Waals surface area contributed by atoms with Crippen molar-refractivity contribution in [2.45, 2.75) is 12.6 Å². The number of amides is 2. The Kier molecular flexibility index (Phi) is 4.36. The van der Waals surface area contributed by atoms with Crippen LogP contribution >= 0.6 is 11.6 Å². The van der Waals surface area contributed by atoms with Crippen molar-refractivity contribution in [2.75, 3.05) is 45.2 Å². The quantitative estimate of drug-likeness (QED) is 0.582. The van der Waals surface area contributed by atoms with Gasteiger partial charge in [-0.3, -0.25) is 14.5 Å². The normalized spacial score (nSPS) is 21.9. The van der Waals surface area contributed by atoms with E-state index in [1.807, 2.05) is 19.0 Å². The maximum Gasteiger partial charge on any atom is 0.312 e. The first-order valence-corrected chi connectivity index (χ1v) is 7.83.